The first-order valence-corrected chi connectivity index (χ1v) is 6.61. The summed E-state index contributed by atoms with van der Waals surface area (Å²) in [6.45, 7) is 0.571. The van der Waals surface area contributed by atoms with Crippen molar-refractivity contribution in [3.63, 3.8) is 0 Å². The monoisotopic (exact) mass is 253 g/mol. The summed E-state index contributed by atoms with van der Waals surface area (Å²) < 4.78 is 0. The fraction of sp³-hybridized carbons (Fsp3) is 0.500. The topological polar surface area (TPSA) is 57.6 Å². The smallest absolute Gasteiger partial charge is 0.326 e. The van der Waals surface area contributed by atoms with Crippen LogP contribution in [-0.2, 0) is 16.0 Å². The fourth-order valence-corrected chi connectivity index (χ4v) is 2.85. The number of amides is 1. The van der Waals surface area contributed by atoms with Crippen LogP contribution in [0.1, 0.15) is 24.1 Å². The predicted molar refractivity (Wildman–Crippen MR) is 65.0 cm³/mol. The minimum absolute atomic E-state index is 0.0699. The van der Waals surface area contributed by atoms with Gasteiger partial charge in [-0.25, -0.2) is 4.79 Å². The minimum atomic E-state index is -0.885. The molecule has 2 rings (SSSR count). The summed E-state index contributed by atoms with van der Waals surface area (Å²) in [6.07, 6.45) is 2.69. The molecule has 1 atom stereocenters. The van der Waals surface area contributed by atoms with E-state index >= 15 is 0 Å². The standard InChI is InChI=1S/C12H15NO3S/c14-11(8-9-4-3-7-17-9)13-6-2-1-5-10(13)12(15)16/h3-4,7,10H,1-2,5-6,8H2,(H,15,16). The highest BCUT2D eigenvalue weighted by atomic mass is 32.1. The van der Waals surface area contributed by atoms with Crippen LogP contribution in [0.15, 0.2) is 17.5 Å². The molecule has 4 nitrogen and oxygen atoms in total. The molecule has 1 aromatic rings. The first-order valence-electron chi connectivity index (χ1n) is 5.73. The van der Waals surface area contributed by atoms with E-state index in [1.165, 1.54) is 16.2 Å². The molecule has 92 valence electrons. The second-order valence-corrected chi connectivity index (χ2v) is 5.23. The van der Waals surface area contributed by atoms with Crippen molar-refractivity contribution >= 4 is 23.2 Å². The first kappa shape index (κ1) is 12.1. The molecule has 0 aromatic carbocycles. The van der Waals surface area contributed by atoms with Crippen LogP contribution in [0, 0.1) is 0 Å². The molecule has 1 saturated heterocycles. The number of nitrogens with zero attached hydrogens (tertiary/aromatic N) is 1. The van der Waals surface area contributed by atoms with Crippen molar-refractivity contribution in [1.82, 2.24) is 4.90 Å². The zero-order valence-electron chi connectivity index (χ0n) is 9.46. The van der Waals surface area contributed by atoms with Gasteiger partial charge in [-0.1, -0.05) is 6.07 Å². The third kappa shape index (κ3) is 2.85. The van der Waals surface area contributed by atoms with E-state index < -0.39 is 12.0 Å². The summed E-state index contributed by atoms with van der Waals surface area (Å²) in [7, 11) is 0. The van der Waals surface area contributed by atoms with E-state index in [0.717, 1.165) is 17.7 Å². The Hall–Kier alpha value is -1.36. The van der Waals surface area contributed by atoms with Crippen molar-refractivity contribution in [3.05, 3.63) is 22.4 Å². The van der Waals surface area contributed by atoms with Crippen molar-refractivity contribution < 1.29 is 14.7 Å². The van der Waals surface area contributed by atoms with E-state index in [2.05, 4.69) is 0 Å². The first-order chi connectivity index (χ1) is 8.18. The summed E-state index contributed by atoms with van der Waals surface area (Å²) in [5, 5.41) is 11.0. The summed E-state index contributed by atoms with van der Waals surface area (Å²) >= 11 is 1.53. The SMILES string of the molecule is O=C(O)C1CCCCN1C(=O)Cc1cccs1. The number of carboxylic acid groups (broad SMARTS) is 1. The lowest BCUT2D eigenvalue weighted by Crippen LogP contribution is -2.48. The molecule has 1 unspecified atom stereocenters. The molecular weight excluding hydrogens is 238 g/mol. The highest BCUT2D eigenvalue weighted by molar-refractivity contribution is 7.10. The van der Waals surface area contributed by atoms with Crippen molar-refractivity contribution in [1.29, 1.82) is 0 Å². The highest BCUT2D eigenvalue weighted by Gasteiger charge is 2.31. The Morgan fingerprint density at radius 3 is 2.94 bits per heavy atom. The Morgan fingerprint density at radius 2 is 2.29 bits per heavy atom. The minimum Gasteiger partial charge on any atom is -0.480 e. The number of piperidine rings is 1. The second-order valence-electron chi connectivity index (χ2n) is 4.19. The van der Waals surface area contributed by atoms with Gasteiger partial charge >= 0.3 is 5.97 Å². The number of carbonyl (C=O) groups excluding carboxylic acids is 1. The van der Waals surface area contributed by atoms with Crippen LogP contribution in [0.2, 0.25) is 0 Å². The van der Waals surface area contributed by atoms with Crippen LogP contribution in [0.5, 0.6) is 0 Å². The van der Waals surface area contributed by atoms with Crippen LogP contribution in [0.4, 0.5) is 0 Å². The largest absolute Gasteiger partial charge is 0.480 e. The van der Waals surface area contributed by atoms with Crippen LogP contribution < -0.4 is 0 Å². The lowest BCUT2D eigenvalue weighted by atomic mass is 10.0. The maximum Gasteiger partial charge on any atom is 0.326 e. The van der Waals surface area contributed by atoms with Gasteiger partial charge in [0.25, 0.3) is 0 Å². The van der Waals surface area contributed by atoms with E-state index in [0.29, 0.717) is 19.4 Å². The molecule has 2 heterocycles. The van der Waals surface area contributed by atoms with E-state index in [1.807, 2.05) is 17.5 Å². The summed E-state index contributed by atoms with van der Waals surface area (Å²) in [6, 6.07) is 3.18. The highest BCUT2D eigenvalue weighted by Crippen LogP contribution is 2.19. The molecule has 0 bridgehead atoms. The van der Waals surface area contributed by atoms with Gasteiger partial charge in [0.05, 0.1) is 6.42 Å². The number of rotatable bonds is 3. The van der Waals surface area contributed by atoms with Crippen LogP contribution in [0.25, 0.3) is 0 Å². The molecular formula is C12H15NO3S. The molecule has 1 aliphatic heterocycles. The molecule has 1 aliphatic rings. The van der Waals surface area contributed by atoms with Crippen molar-refractivity contribution in [2.45, 2.75) is 31.7 Å². The van der Waals surface area contributed by atoms with Crippen LogP contribution >= 0.6 is 11.3 Å². The lowest BCUT2D eigenvalue weighted by molar-refractivity contribution is -0.151. The van der Waals surface area contributed by atoms with E-state index in [4.69, 9.17) is 5.11 Å². The Kier molecular flexibility index (Phi) is 3.78. The van der Waals surface area contributed by atoms with Gasteiger partial charge in [-0.2, -0.15) is 0 Å². The third-order valence-electron chi connectivity index (χ3n) is 3.01. The third-order valence-corrected chi connectivity index (χ3v) is 3.89. The molecule has 1 aromatic heterocycles. The van der Waals surface area contributed by atoms with E-state index in [9.17, 15) is 9.59 Å². The number of carbonyl (C=O) groups is 2. The maximum absolute atomic E-state index is 12.0. The number of thiophene rings is 1. The van der Waals surface area contributed by atoms with Crippen molar-refractivity contribution in [2.75, 3.05) is 6.54 Å². The Labute approximate surface area is 104 Å². The van der Waals surface area contributed by atoms with Gasteiger partial charge in [-0.3, -0.25) is 4.79 Å². The summed E-state index contributed by atoms with van der Waals surface area (Å²) in [4.78, 5) is 25.6. The van der Waals surface area contributed by atoms with Gasteiger partial charge < -0.3 is 10.0 Å². The van der Waals surface area contributed by atoms with Crippen LogP contribution in [-0.4, -0.2) is 34.5 Å². The van der Waals surface area contributed by atoms with E-state index in [1.54, 1.807) is 0 Å². The van der Waals surface area contributed by atoms with Gasteiger partial charge in [-0.15, -0.1) is 11.3 Å². The molecule has 1 N–H and O–H groups in total. The van der Waals surface area contributed by atoms with Gasteiger partial charge in [0, 0.05) is 11.4 Å². The number of hydrogen-bond acceptors (Lipinski definition) is 3. The van der Waals surface area contributed by atoms with Crippen LogP contribution in [0.3, 0.4) is 0 Å². The second kappa shape index (κ2) is 5.31. The fourth-order valence-electron chi connectivity index (χ4n) is 2.15. The number of aliphatic carboxylic acids is 1. The molecule has 1 amide bonds. The van der Waals surface area contributed by atoms with Gasteiger partial charge in [-0.05, 0) is 30.7 Å². The predicted octanol–water partition coefficient (Wildman–Crippen LogP) is 1.76. The number of likely N-dealkylation sites (tertiary alicyclic amines) is 1. The molecule has 1 fully saturated rings. The van der Waals surface area contributed by atoms with Gasteiger partial charge in [0.15, 0.2) is 0 Å². The Morgan fingerprint density at radius 1 is 1.47 bits per heavy atom. The molecule has 0 saturated carbocycles. The van der Waals surface area contributed by atoms with Gasteiger partial charge in [0.1, 0.15) is 6.04 Å². The average molecular weight is 253 g/mol. The summed E-state index contributed by atoms with van der Waals surface area (Å²) in [5.41, 5.74) is 0. The quantitative estimate of drug-likeness (QED) is 0.893. The van der Waals surface area contributed by atoms with Gasteiger partial charge in [0.2, 0.25) is 5.91 Å². The molecule has 0 spiro atoms. The molecule has 17 heavy (non-hydrogen) atoms. The molecule has 5 heteroatoms. The molecule has 0 aliphatic carbocycles. The van der Waals surface area contributed by atoms with Crippen molar-refractivity contribution in [3.8, 4) is 0 Å². The molecule has 0 radical (unpaired) electrons. The van der Waals surface area contributed by atoms with Crippen molar-refractivity contribution in [2.24, 2.45) is 0 Å². The number of carboxylic acids is 1. The zero-order chi connectivity index (χ0) is 12.3. The normalized spacial score (nSPS) is 20.2. The summed E-state index contributed by atoms with van der Waals surface area (Å²) in [5.74, 6) is -0.955. The Balaban J connectivity index is 2.03. The number of hydrogen-bond donors (Lipinski definition) is 1. The average Bonchev–Trinajstić information content (AvgIpc) is 2.81. The Bertz CT molecular complexity index is 402. The lowest BCUT2D eigenvalue weighted by Gasteiger charge is -2.32. The zero-order valence-corrected chi connectivity index (χ0v) is 10.3. The maximum atomic E-state index is 12.0. The van der Waals surface area contributed by atoms with E-state index in [-0.39, 0.29) is 5.91 Å².